The van der Waals surface area contributed by atoms with Gasteiger partial charge in [0.05, 0.1) is 39.9 Å². The molecule has 2 aliphatic heterocycles. The molecule has 5 rings (SSSR count). The number of methoxy groups -OCH3 is 1. The second-order valence-electron chi connectivity index (χ2n) is 10.4. The van der Waals surface area contributed by atoms with Gasteiger partial charge < -0.3 is 19.9 Å². The molecule has 1 atom stereocenters. The van der Waals surface area contributed by atoms with Gasteiger partial charge in [-0.3, -0.25) is 9.78 Å². The number of nitrogens with one attached hydrogen (secondary N) is 1. The van der Waals surface area contributed by atoms with Gasteiger partial charge in [0.2, 0.25) is 5.91 Å². The Kier molecular flexibility index (Phi) is 7.75. The Bertz CT molecular complexity index is 1410. The van der Waals surface area contributed by atoms with Crippen molar-refractivity contribution in [3.8, 4) is 22.4 Å². The number of carbonyl (C=O) groups excluding carboxylic acids is 1. The number of likely N-dealkylation sites (N-methyl/N-ethyl adjacent to an activating group) is 1. The zero-order chi connectivity index (χ0) is 28.5. The van der Waals surface area contributed by atoms with Crippen molar-refractivity contribution in [2.45, 2.75) is 36.9 Å². The predicted octanol–water partition coefficient (Wildman–Crippen LogP) is 5.07. The summed E-state index contributed by atoms with van der Waals surface area (Å²) in [6, 6.07) is 10.9. The molecule has 3 aromatic rings. The number of ether oxygens (including phenoxy) is 1. The number of anilines is 1. The molecule has 4 heterocycles. The van der Waals surface area contributed by atoms with Crippen molar-refractivity contribution in [2.75, 3.05) is 45.2 Å². The molecule has 1 amide bonds. The third-order valence-corrected chi connectivity index (χ3v) is 8.88. The zero-order valence-electron chi connectivity index (χ0n) is 22.3. The van der Waals surface area contributed by atoms with Gasteiger partial charge in [0.15, 0.2) is 0 Å². The van der Waals surface area contributed by atoms with Crippen LogP contribution in [0.5, 0.6) is 5.75 Å². The van der Waals surface area contributed by atoms with E-state index in [0.717, 1.165) is 53.5 Å². The van der Waals surface area contributed by atoms with E-state index >= 15 is 0 Å². The molecule has 40 heavy (non-hydrogen) atoms. The van der Waals surface area contributed by atoms with Crippen molar-refractivity contribution in [1.82, 2.24) is 15.2 Å². The second-order valence-corrected chi connectivity index (χ2v) is 11.3. The Labute approximate surface area is 235 Å². The first kappa shape index (κ1) is 27.9. The van der Waals surface area contributed by atoms with Crippen LogP contribution in [0.4, 0.5) is 18.9 Å². The number of nitrogens with zero attached hydrogens (tertiary/aromatic N) is 4. The SMILES string of the molecule is COc1ccsc1-c1ccc(C2(C(=O)N[C@@H]3CCN(C)C3)CCN(c3ccc(C(F)(F)F)cc3C#N)CC2)cn1. The average Bonchev–Trinajstić information content (AvgIpc) is 3.61. The van der Waals surface area contributed by atoms with E-state index < -0.39 is 17.2 Å². The molecule has 2 aliphatic rings. The van der Waals surface area contributed by atoms with Crippen molar-refractivity contribution in [1.29, 1.82) is 5.26 Å². The van der Waals surface area contributed by atoms with Crippen molar-refractivity contribution < 1.29 is 22.7 Å². The Morgan fingerprint density at radius 3 is 2.58 bits per heavy atom. The molecule has 0 radical (unpaired) electrons. The van der Waals surface area contributed by atoms with Crippen LogP contribution in [0, 0.1) is 11.3 Å². The molecule has 7 nitrogen and oxygen atoms in total. The number of halogens is 3. The van der Waals surface area contributed by atoms with Crippen LogP contribution in [0.15, 0.2) is 48.0 Å². The summed E-state index contributed by atoms with van der Waals surface area (Å²) < 4.78 is 45.1. The summed E-state index contributed by atoms with van der Waals surface area (Å²) in [6.07, 6.45) is -1.05. The fourth-order valence-corrected chi connectivity index (χ4v) is 6.52. The van der Waals surface area contributed by atoms with Gasteiger partial charge in [-0.25, -0.2) is 0 Å². The largest absolute Gasteiger partial charge is 0.495 e. The molecule has 2 fully saturated rings. The van der Waals surface area contributed by atoms with Crippen LogP contribution >= 0.6 is 11.3 Å². The predicted molar refractivity (Wildman–Crippen MR) is 147 cm³/mol. The summed E-state index contributed by atoms with van der Waals surface area (Å²) in [5, 5.41) is 14.8. The summed E-state index contributed by atoms with van der Waals surface area (Å²) >= 11 is 1.52. The molecule has 2 aromatic heterocycles. The van der Waals surface area contributed by atoms with Crippen molar-refractivity contribution >= 4 is 22.9 Å². The van der Waals surface area contributed by atoms with E-state index in [1.54, 1.807) is 13.3 Å². The molecule has 1 N–H and O–H groups in total. The lowest BCUT2D eigenvalue weighted by Gasteiger charge is -2.42. The van der Waals surface area contributed by atoms with Crippen molar-refractivity contribution in [2.24, 2.45) is 0 Å². The highest BCUT2D eigenvalue weighted by Gasteiger charge is 2.44. The Morgan fingerprint density at radius 1 is 1.20 bits per heavy atom. The normalized spacial score (nSPS) is 19.3. The maximum Gasteiger partial charge on any atom is 0.416 e. The molecule has 0 saturated carbocycles. The Morgan fingerprint density at radius 2 is 1.98 bits per heavy atom. The first-order valence-corrected chi connectivity index (χ1v) is 14.0. The number of pyridine rings is 1. The standard InChI is InChI=1S/C29H30F3N5O2S/c1-36-11-7-22(18-36)35-27(38)28(21-3-5-23(34-17-21)26-25(39-2)8-14-40-26)9-12-37(13-10-28)24-6-4-20(29(30,31)32)15-19(24)16-33/h3-6,8,14-15,17,22H,7,9-13,18H2,1-2H3,(H,35,38)/t22-/m1/s1. The Hall–Kier alpha value is -3.62. The van der Waals surface area contributed by atoms with Crippen LogP contribution in [0.25, 0.3) is 10.6 Å². The number of alkyl halides is 3. The second kappa shape index (κ2) is 11.1. The van der Waals surface area contributed by atoms with E-state index in [9.17, 15) is 23.2 Å². The maximum absolute atomic E-state index is 13.9. The van der Waals surface area contributed by atoms with Crippen LogP contribution < -0.4 is 15.0 Å². The molecule has 210 valence electrons. The fraction of sp³-hybridized carbons (Fsp3) is 0.414. The third-order valence-electron chi connectivity index (χ3n) is 7.96. The van der Waals surface area contributed by atoms with E-state index in [1.807, 2.05) is 41.6 Å². The van der Waals surface area contributed by atoms with Crippen LogP contribution in [-0.2, 0) is 16.4 Å². The number of likely N-dealkylation sites (tertiary alicyclic amines) is 1. The van der Waals surface area contributed by atoms with Gasteiger partial charge in [-0.05, 0) is 74.1 Å². The van der Waals surface area contributed by atoms with Gasteiger partial charge in [0, 0.05) is 31.9 Å². The van der Waals surface area contributed by atoms with Crippen LogP contribution in [0.2, 0.25) is 0 Å². The summed E-state index contributed by atoms with van der Waals surface area (Å²) in [6.45, 7) is 2.49. The van der Waals surface area contributed by atoms with Gasteiger partial charge in [-0.2, -0.15) is 18.4 Å². The highest BCUT2D eigenvalue weighted by molar-refractivity contribution is 7.14. The molecular weight excluding hydrogens is 539 g/mol. The molecule has 1 aromatic carbocycles. The number of benzene rings is 1. The number of thiophene rings is 1. The smallest absolute Gasteiger partial charge is 0.416 e. The fourth-order valence-electron chi connectivity index (χ4n) is 5.69. The topological polar surface area (TPSA) is 81.5 Å². The van der Waals surface area contributed by atoms with E-state index in [-0.39, 0.29) is 17.5 Å². The summed E-state index contributed by atoms with van der Waals surface area (Å²) in [4.78, 5) is 23.6. The minimum atomic E-state index is -4.53. The monoisotopic (exact) mass is 569 g/mol. The molecule has 0 spiro atoms. The van der Waals surface area contributed by atoms with Crippen LogP contribution in [0.3, 0.4) is 0 Å². The van der Waals surface area contributed by atoms with E-state index in [1.165, 1.54) is 17.4 Å². The minimum absolute atomic E-state index is 0.0308. The van der Waals surface area contributed by atoms with Crippen LogP contribution in [0.1, 0.15) is 36.0 Å². The van der Waals surface area contributed by atoms with Crippen molar-refractivity contribution in [3.63, 3.8) is 0 Å². The lowest BCUT2D eigenvalue weighted by Crippen LogP contribution is -2.54. The van der Waals surface area contributed by atoms with E-state index in [4.69, 9.17) is 9.72 Å². The van der Waals surface area contributed by atoms with Gasteiger partial charge in [-0.15, -0.1) is 11.3 Å². The number of nitriles is 1. The number of amides is 1. The Balaban J connectivity index is 1.43. The first-order valence-electron chi connectivity index (χ1n) is 13.1. The van der Waals surface area contributed by atoms with Gasteiger partial charge in [0.25, 0.3) is 0 Å². The third kappa shape index (κ3) is 5.38. The molecule has 2 saturated heterocycles. The molecule has 0 unspecified atom stereocenters. The van der Waals surface area contributed by atoms with Crippen LogP contribution in [-0.4, -0.2) is 62.2 Å². The number of piperidine rings is 1. The molecule has 11 heteroatoms. The number of carbonyl (C=O) groups is 1. The lowest BCUT2D eigenvalue weighted by molar-refractivity contribution is -0.137. The molecule has 0 bridgehead atoms. The average molecular weight is 570 g/mol. The number of hydrogen-bond acceptors (Lipinski definition) is 7. The zero-order valence-corrected chi connectivity index (χ0v) is 23.1. The highest BCUT2D eigenvalue weighted by Crippen LogP contribution is 2.41. The molecule has 0 aliphatic carbocycles. The first-order chi connectivity index (χ1) is 19.1. The van der Waals surface area contributed by atoms with Gasteiger partial charge >= 0.3 is 6.18 Å². The number of aromatic nitrogens is 1. The summed E-state index contributed by atoms with van der Waals surface area (Å²) in [5.41, 5.74) is 0.250. The van der Waals surface area contributed by atoms with Gasteiger partial charge in [-0.1, -0.05) is 6.07 Å². The minimum Gasteiger partial charge on any atom is -0.495 e. The van der Waals surface area contributed by atoms with E-state index in [0.29, 0.717) is 31.6 Å². The van der Waals surface area contributed by atoms with Gasteiger partial charge in [0.1, 0.15) is 11.8 Å². The number of rotatable bonds is 6. The lowest BCUT2D eigenvalue weighted by atomic mass is 9.72. The molecular formula is C29H30F3N5O2S. The summed E-state index contributed by atoms with van der Waals surface area (Å²) in [5.74, 6) is 0.671. The van der Waals surface area contributed by atoms with E-state index in [2.05, 4.69) is 10.2 Å². The quantitative estimate of drug-likeness (QED) is 0.447. The highest BCUT2D eigenvalue weighted by atomic mass is 32.1. The number of hydrogen-bond donors (Lipinski definition) is 1. The van der Waals surface area contributed by atoms with Crippen molar-refractivity contribution in [3.05, 3.63) is 64.7 Å². The summed E-state index contributed by atoms with van der Waals surface area (Å²) in [7, 11) is 3.64. The maximum atomic E-state index is 13.9.